The van der Waals surface area contributed by atoms with Gasteiger partial charge in [-0.3, -0.25) is 4.79 Å². The molecule has 0 saturated carbocycles. The van der Waals surface area contributed by atoms with Crippen molar-refractivity contribution in [1.29, 1.82) is 0 Å². The average molecular weight is 294 g/mol. The second-order valence-electron chi connectivity index (χ2n) is 5.96. The SMILES string of the molecule is CNC(=O)C(C)Oc1cc(CNC(C)(C)C)ccc1OC. The molecule has 0 aromatic heterocycles. The topological polar surface area (TPSA) is 59.6 Å². The fraction of sp³-hybridized carbons (Fsp3) is 0.562. The first kappa shape index (κ1) is 17.3. The first-order valence-electron chi connectivity index (χ1n) is 7.07. The van der Waals surface area contributed by atoms with Crippen molar-refractivity contribution < 1.29 is 14.3 Å². The van der Waals surface area contributed by atoms with E-state index in [2.05, 4.69) is 31.4 Å². The van der Waals surface area contributed by atoms with E-state index in [0.717, 1.165) is 12.1 Å². The highest BCUT2D eigenvalue weighted by Gasteiger charge is 2.16. The number of hydrogen-bond acceptors (Lipinski definition) is 4. The van der Waals surface area contributed by atoms with E-state index in [-0.39, 0.29) is 11.4 Å². The molecule has 0 spiro atoms. The van der Waals surface area contributed by atoms with Gasteiger partial charge in [-0.25, -0.2) is 0 Å². The maximum Gasteiger partial charge on any atom is 0.260 e. The van der Waals surface area contributed by atoms with Crippen LogP contribution in [0.4, 0.5) is 0 Å². The van der Waals surface area contributed by atoms with Crippen LogP contribution in [-0.2, 0) is 11.3 Å². The lowest BCUT2D eigenvalue weighted by atomic mass is 10.1. The van der Waals surface area contributed by atoms with E-state index < -0.39 is 6.10 Å². The van der Waals surface area contributed by atoms with Crippen LogP contribution in [0.15, 0.2) is 18.2 Å². The van der Waals surface area contributed by atoms with E-state index in [9.17, 15) is 4.79 Å². The van der Waals surface area contributed by atoms with Gasteiger partial charge in [-0.05, 0) is 45.4 Å². The Hall–Kier alpha value is -1.75. The third-order valence-corrected chi connectivity index (χ3v) is 2.97. The number of methoxy groups -OCH3 is 1. The molecule has 0 radical (unpaired) electrons. The summed E-state index contributed by atoms with van der Waals surface area (Å²) < 4.78 is 11.0. The van der Waals surface area contributed by atoms with Gasteiger partial charge in [0, 0.05) is 19.1 Å². The van der Waals surface area contributed by atoms with Gasteiger partial charge in [0.25, 0.3) is 5.91 Å². The van der Waals surface area contributed by atoms with E-state index >= 15 is 0 Å². The maximum absolute atomic E-state index is 11.6. The summed E-state index contributed by atoms with van der Waals surface area (Å²) in [6.45, 7) is 8.77. The Morgan fingerprint density at radius 1 is 1.29 bits per heavy atom. The predicted octanol–water partition coefficient (Wildman–Crippen LogP) is 2.10. The molecule has 1 atom stereocenters. The van der Waals surface area contributed by atoms with Crippen LogP contribution in [-0.4, -0.2) is 31.7 Å². The standard InChI is InChI=1S/C16H26N2O3/c1-11(15(19)17-5)21-14-9-12(7-8-13(14)20-6)10-18-16(2,3)4/h7-9,11,18H,10H2,1-6H3,(H,17,19). The molecule has 1 unspecified atom stereocenters. The summed E-state index contributed by atoms with van der Waals surface area (Å²) in [6.07, 6.45) is -0.574. The molecule has 0 aliphatic rings. The lowest BCUT2D eigenvalue weighted by molar-refractivity contribution is -0.126. The van der Waals surface area contributed by atoms with Crippen molar-refractivity contribution in [2.75, 3.05) is 14.2 Å². The van der Waals surface area contributed by atoms with Crippen LogP contribution >= 0.6 is 0 Å². The molecule has 1 amide bonds. The summed E-state index contributed by atoms with van der Waals surface area (Å²) in [7, 11) is 3.17. The van der Waals surface area contributed by atoms with Crippen LogP contribution in [0.5, 0.6) is 11.5 Å². The molecular weight excluding hydrogens is 268 g/mol. The van der Waals surface area contributed by atoms with Crippen LogP contribution < -0.4 is 20.1 Å². The zero-order chi connectivity index (χ0) is 16.0. The number of likely N-dealkylation sites (N-methyl/N-ethyl adjacent to an activating group) is 1. The molecule has 0 aliphatic carbocycles. The minimum atomic E-state index is -0.574. The van der Waals surface area contributed by atoms with Crippen molar-refractivity contribution in [3.63, 3.8) is 0 Å². The minimum absolute atomic E-state index is 0.0380. The minimum Gasteiger partial charge on any atom is -0.493 e. The van der Waals surface area contributed by atoms with Crippen molar-refractivity contribution in [1.82, 2.24) is 10.6 Å². The normalized spacial score (nSPS) is 12.7. The smallest absolute Gasteiger partial charge is 0.260 e. The van der Waals surface area contributed by atoms with E-state index in [4.69, 9.17) is 9.47 Å². The molecule has 21 heavy (non-hydrogen) atoms. The number of amides is 1. The highest BCUT2D eigenvalue weighted by Crippen LogP contribution is 2.29. The molecule has 0 fully saturated rings. The lowest BCUT2D eigenvalue weighted by Gasteiger charge is -2.21. The third-order valence-electron chi connectivity index (χ3n) is 2.97. The van der Waals surface area contributed by atoms with Crippen molar-refractivity contribution in [2.45, 2.75) is 45.9 Å². The first-order valence-corrected chi connectivity index (χ1v) is 7.07. The summed E-state index contributed by atoms with van der Waals surface area (Å²) in [5.74, 6) is 1.02. The Labute approximate surface area is 127 Å². The molecule has 0 heterocycles. The molecule has 2 N–H and O–H groups in total. The number of carbonyl (C=O) groups is 1. The number of ether oxygens (including phenoxy) is 2. The van der Waals surface area contributed by atoms with Gasteiger partial charge in [0.05, 0.1) is 7.11 Å². The number of carbonyl (C=O) groups excluding carboxylic acids is 1. The van der Waals surface area contributed by atoms with Crippen molar-refractivity contribution in [2.24, 2.45) is 0 Å². The molecular formula is C16H26N2O3. The van der Waals surface area contributed by atoms with Crippen LogP contribution in [0.1, 0.15) is 33.3 Å². The number of hydrogen-bond donors (Lipinski definition) is 2. The van der Waals surface area contributed by atoms with Gasteiger partial charge in [0.2, 0.25) is 0 Å². The van der Waals surface area contributed by atoms with Gasteiger partial charge in [0.1, 0.15) is 0 Å². The predicted molar refractivity (Wildman–Crippen MR) is 83.7 cm³/mol. The zero-order valence-electron chi connectivity index (χ0n) is 13.7. The number of nitrogens with one attached hydrogen (secondary N) is 2. The van der Waals surface area contributed by atoms with Crippen molar-refractivity contribution in [3.8, 4) is 11.5 Å². The summed E-state index contributed by atoms with van der Waals surface area (Å²) in [5.41, 5.74) is 1.11. The fourth-order valence-electron chi connectivity index (χ4n) is 1.74. The largest absolute Gasteiger partial charge is 0.493 e. The second-order valence-corrected chi connectivity index (χ2v) is 5.96. The second kappa shape index (κ2) is 7.31. The van der Waals surface area contributed by atoms with Gasteiger partial charge < -0.3 is 20.1 Å². The average Bonchev–Trinajstić information content (AvgIpc) is 2.43. The molecule has 1 aromatic carbocycles. The van der Waals surface area contributed by atoms with Gasteiger partial charge in [0.15, 0.2) is 17.6 Å². The monoisotopic (exact) mass is 294 g/mol. The van der Waals surface area contributed by atoms with Gasteiger partial charge in [-0.15, -0.1) is 0 Å². The summed E-state index contributed by atoms with van der Waals surface area (Å²) >= 11 is 0. The van der Waals surface area contributed by atoms with Crippen molar-refractivity contribution in [3.05, 3.63) is 23.8 Å². The van der Waals surface area contributed by atoms with E-state index in [1.165, 1.54) is 0 Å². The molecule has 118 valence electrons. The van der Waals surface area contributed by atoms with Gasteiger partial charge in [-0.1, -0.05) is 6.07 Å². The molecule has 1 aromatic rings. The summed E-state index contributed by atoms with van der Waals surface area (Å²) in [4.78, 5) is 11.6. The Morgan fingerprint density at radius 3 is 2.48 bits per heavy atom. The van der Waals surface area contributed by atoms with Crippen molar-refractivity contribution >= 4 is 5.91 Å². The molecule has 5 nitrogen and oxygen atoms in total. The summed E-state index contributed by atoms with van der Waals surface area (Å²) in [6, 6.07) is 5.73. The Kier molecular flexibility index (Phi) is 6.03. The molecule has 0 bridgehead atoms. The Balaban J connectivity index is 2.87. The van der Waals surface area contributed by atoms with Gasteiger partial charge >= 0.3 is 0 Å². The lowest BCUT2D eigenvalue weighted by Crippen LogP contribution is -2.35. The molecule has 1 rings (SSSR count). The van der Waals surface area contributed by atoms with Crippen LogP contribution in [0, 0.1) is 0 Å². The molecule has 0 saturated heterocycles. The van der Waals surface area contributed by atoms with Gasteiger partial charge in [-0.2, -0.15) is 0 Å². The maximum atomic E-state index is 11.6. The Morgan fingerprint density at radius 2 is 1.95 bits per heavy atom. The quantitative estimate of drug-likeness (QED) is 0.843. The summed E-state index contributed by atoms with van der Waals surface area (Å²) in [5, 5.41) is 5.98. The highest BCUT2D eigenvalue weighted by molar-refractivity contribution is 5.80. The van der Waals surface area contributed by atoms with Crippen LogP contribution in [0.3, 0.4) is 0 Å². The molecule has 0 aliphatic heterocycles. The number of benzene rings is 1. The van der Waals surface area contributed by atoms with E-state index in [1.54, 1.807) is 21.1 Å². The third kappa shape index (κ3) is 5.63. The highest BCUT2D eigenvalue weighted by atomic mass is 16.5. The first-order chi connectivity index (χ1) is 9.76. The van der Waals surface area contributed by atoms with E-state index in [0.29, 0.717) is 11.5 Å². The zero-order valence-corrected chi connectivity index (χ0v) is 13.7. The number of rotatable bonds is 6. The Bertz CT molecular complexity index is 481. The van der Waals surface area contributed by atoms with Crippen LogP contribution in [0.25, 0.3) is 0 Å². The molecule has 5 heteroatoms. The van der Waals surface area contributed by atoms with E-state index in [1.807, 2.05) is 18.2 Å². The fourth-order valence-corrected chi connectivity index (χ4v) is 1.74. The van der Waals surface area contributed by atoms with Crippen LogP contribution in [0.2, 0.25) is 0 Å².